The van der Waals surface area contributed by atoms with Gasteiger partial charge in [0.1, 0.15) is 0 Å². The fourth-order valence-electron chi connectivity index (χ4n) is 3.79. The van der Waals surface area contributed by atoms with Crippen molar-refractivity contribution in [2.45, 2.75) is 6.92 Å². The maximum Gasteiger partial charge on any atom is 0.254 e. The zero-order chi connectivity index (χ0) is 19.1. The van der Waals surface area contributed by atoms with Crippen LogP contribution in [0.3, 0.4) is 0 Å². The van der Waals surface area contributed by atoms with E-state index >= 15 is 0 Å². The van der Waals surface area contributed by atoms with Gasteiger partial charge >= 0.3 is 0 Å². The van der Waals surface area contributed by atoms with Gasteiger partial charge in [0.2, 0.25) is 6.79 Å². The standard InChI is InChI=1S/C21H20N4O3/c1-14-16-4-2-3-5-17(16)20(23-22-14)24-8-10-25(11-9-24)21(26)15-6-7-18-19(12-15)28-13-27-18/h2-7,12H,8-11,13H2,1H3. The van der Waals surface area contributed by atoms with Gasteiger partial charge in [-0.1, -0.05) is 24.3 Å². The third-order valence-corrected chi connectivity index (χ3v) is 5.34. The molecule has 7 nitrogen and oxygen atoms in total. The van der Waals surface area contributed by atoms with Crippen LogP contribution < -0.4 is 14.4 Å². The highest BCUT2D eigenvalue weighted by Crippen LogP contribution is 2.33. The number of piperazine rings is 1. The number of benzene rings is 2. The van der Waals surface area contributed by atoms with E-state index in [1.165, 1.54) is 0 Å². The molecule has 142 valence electrons. The van der Waals surface area contributed by atoms with E-state index in [1.54, 1.807) is 18.2 Å². The summed E-state index contributed by atoms with van der Waals surface area (Å²) in [5.41, 5.74) is 1.55. The van der Waals surface area contributed by atoms with Crippen molar-refractivity contribution in [2.75, 3.05) is 37.9 Å². The van der Waals surface area contributed by atoms with E-state index < -0.39 is 0 Å². The van der Waals surface area contributed by atoms with Gasteiger partial charge in [-0.05, 0) is 25.1 Å². The average molecular weight is 376 g/mol. The van der Waals surface area contributed by atoms with Gasteiger partial charge in [-0.3, -0.25) is 4.79 Å². The highest BCUT2D eigenvalue weighted by Gasteiger charge is 2.25. The number of aromatic nitrogens is 2. The van der Waals surface area contributed by atoms with Gasteiger partial charge in [0.25, 0.3) is 5.91 Å². The molecular formula is C21H20N4O3. The van der Waals surface area contributed by atoms with Crippen molar-refractivity contribution in [3.63, 3.8) is 0 Å². The van der Waals surface area contributed by atoms with Crippen LogP contribution in [-0.4, -0.2) is 54.0 Å². The van der Waals surface area contributed by atoms with Gasteiger partial charge in [0.05, 0.1) is 5.69 Å². The second-order valence-electron chi connectivity index (χ2n) is 7.00. The Bertz CT molecular complexity index is 1060. The summed E-state index contributed by atoms with van der Waals surface area (Å²) in [4.78, 5) is 17.0. The van der Waals surface area contributed by atoms with Crippen molar-refractivity contribution in [3.05, 3.63) is 53.7 Å². The minimum Gasteiger partial charge on any atom is -0.454 e. The number of carbonyl (C=O) groups excluding carboxylic acids is 1. The van der Waals surface area contributed by atoms with E-state index in [2.05, 4.69) is 27.2 Å². The Hall–Kier alpha value is -3.35. The number of amides is 1. The molecule has 1 amide bonds. The number of nitrogens with zero attached hydrogens (tertiary/aromatic N) is 4. The number of ether oxygens (including phenoxy) is 2. The van der Waals surface area contributed by atoms with Gasteiger partial charge in [0, 0.05) is 42.5 Å². The van der Waals surface area contributed by atoms with Gasteiger partial charge in [-0.15, -0.1) is 5.10 Å². The second-order valence-corrected chi connectivity index (χ2v) is 7.00. The molecule has 1 saturated heterocycles. The smallest absolute Gasteiger partial charge is 0.254 e. The zero-order valence-corrected chi connectivity index (χ0v) is 15.6. The predicted molar refractivity (Wildman–Crippen MR) is 105 cm³/mol. The molecular weight excluding hydrogens is 356 g/mol. The fourth-order valence-corrected chi connectivity index (χ4v) is 3.79. The van der Waals surface area contributed by atoms with Crippen molar-refractivity contribution >= 4 is 22.5 Å². The van der Waals surface area contributed by atoms with Crippen LogP contribution >= 0.6 is 0 Å². The highest BCUT2D eigenvalue weighted by atomic mass is 16.7. The Balaban J connectivity index is 1.33. The summed E-state index contributed by atoms with van der Waals surface area (Å²) in [6, 6.07) is 13.5. The fraction of sp³-hybridized carbons (Fsp3) is 0.286. The molecule has 2 aliphatic heterocycles. The number of hydrogen-bond acceptors (Lipinski definition) is 6. The summed E-state index contributed by atoms with van der Waals surface area (Å²) < 4.78 is 10.7. The van der Waals surface area contributed by atoms with Gasteiger partial charge in [-0.2, -0.15) is 5.10 Å². The summed E-state index contributed by atoms with van der Waals surface area (Å²) in [6.45, 7) is 4.89. The third kappa shape index (κ3) is 2.79. The molecule has 0 atom stereocenters. The first-order valence-electron chi connectivity index (χ1n) is 9.36. The Morgan fingerprint density at radius 2 is 1.68 bits per heavy atom. The number of fused-ring (bicyclic) bond motifs is 2. The van der Waals surface area contributed by atoms with Crippen LogP contribution in [-0.2, 0) is 0 Å². The van der Waals surface area contributed by atoms with E-state index in [4.69, 9.17) is 9.47 Å². The monoisotopic (exact) mass is 376 g/mol. The number of anilines is 1. The average Bonchev–Trinajstić information content (AvgIpc) is 3.22. The van der Waals surface area contributed by atoms with Crippen molar-refractivity contribution in [2.24, 2.45) is 0 Å². The molecule has 0 aliphatic carbocycles. The topological polar surface area (TPSA) is 67.8 Å². The maximum atomic E-state index is 12.9. The molecule has 0 N–H and O–H groups in total. The summed E-state index contributed by atoms with van der Waals surface area (Å²) in [6.07, 6.45) is 0. The van der Waals surface area contributed by atoms with Crippen molar-refractivity contribution < 1.29 is 14.3 Å². The molecule has 28 heavy (non-hydrogen) atoms. The van der Waals surface area contributed by atoms with Crippen molar-refractivity contribution in [3.8, 4) is 11.5 Å². The summed E-state index contributed by atoms with van der Waals surface area (Å²) in [5.74, 6) is 2.21. The Kier molecular flexibility index (Phi) is 4.00. The van der Waals surface area contributed by atoms with Crippen LogP contribution in [0.15, 0.2) is 42.5 Å². The normalized spacial score (nSPS) is 15.9. The Morgan fingerprint density at radius 1 is 0.929 bits per heavy atom. The predicted octanol–water partition coefficient (Wildman–Crippen LogP) is 2.63. The zero-order valence-electron chi connectivity index (χ0n) is 15.6. The first-order valence-corrected chi connectivity index (χ1v) is 9.36. The van der Waals surface area contributed by atoms with Crippen LogP contribution in [0.2, 0.25) is 0 Å². The largest absolute Gasteiger partial charge is 0.454 e. The molecule has 1 aromatic heterocycles. The quantitative estimate of drug-likeness (QED) is 0.685. The molecule has 2 aliphatic rings. The van der Waals surface area contributed by atoms with Crippen LogP contribution in [0.5, 0.6) is 11.5 Å². The van der Waals surface area contributed by atoms with Crippen LogP contribution in [0, 0.1) is 6.92 Å². The molecule has 1 fully saturated rings. The van der Waals surface area contributed by atoms with Gasteiger partial charge in [0.15, 0.2) is 17.3 Å². The Labute approximate surface area is 162 Å². The lowest BCUT2D eigenvalue weighted by molar-refractivity contribution is 0.0746. The molecule has 0 bridgehead atoms. The van der Waals surface area contributed by atoms with Gasteiger partial charge < -0.3 is 19.3 Å². The van der Waals surface area contributed by atoms with E-state index in [0.717, 1.165) is 35.4 Å². The molecule has 3 heterocycles. The molecule has 0 spiro atoms. The number of aryl methyl sites for hydroxylation is 1. The summed E-state index contributed by atoms with van der Waals surface area (Å²) in [5, 5.41) is 11.0. The van der Waals surface area contributed by atoms with E-state index in [-0.39, 0.29) is 12.7 Å². The highest BCUT2D eigenvalue weighted by molar-refractivity contribution is 5.96. The first kappa shape index (κ1) is 16.8. The lowest BCUT2D eigenvalue weighted by Crippen LogP contribution is -2.49. The molecule has 3 aromatic rings. The lowest BCUT2D eigenvalue weighted by atomic mass is 10.1. The van der Waals surface area contributed by atoms with Crippen LogP contribution in [0.1, 0.15) is 16.1 Å². The molecule has 0 saturated carbocycles. The van der Waals surface area contributed by atoms with Crippen molar-refractivity contribution in [1.29, 1.82) is 0 Å². The minimum atomic E-state index is 0.0119. The molecule has 0 radical (unpaired) electrons. The second kappa shape index (κ2) is 6.67. The van der Waals surface area contributed by atoms with E-state index in [0.29, 0.717) is 30.2 Å². The third-order valence-electron chi connectivity index (χ3n) is 5.34. The molecule has 5 rings (SSSR count). The van der Waals surface area contributed by atoms with Crippen molar-refractivity contribution in [1.82, 2.24) is 15.1 Å². The summed E-state index contributed by atoms with van der Waals surface area (Å²) in [7, 11) is 0. The molecule has 0 unspecified atom stereocenters. The number of carbonyl (C=O) groups is 1. The maximum absolute atomic E-state index is 12.9. The van der Waals surface area contributed by atoms with Gasteiger partial charge in [-0.25, -0.2) is 0 Å². The molecule has 7 heteroatoms. The van der Waals surface area contributed by atoms with Crippen LogP contribution in [0.4, 0.5) is 5.82 Å². The lowest BCUT2D eigenvalue weighted by Gasteiger charge is -2.35. The van der Waals surface area contributed by atoms with Crippen LogP contribution in [0.25, 0.3) is 10.8 Å². The molecule has 2 aromatic carbocycles. The Morgan fingerprint density at radius 3 is 2.50 bits per heavy atom. The van der Waals surface area contributed by atoms with E-state index in [1.807, 2.05) is 24.0 Å². The first-order chi connectivity index (χ1) is 13.7. The summed E-state index contributed by atoms with van der Waals surface area (Å²) >= 11 is 0. The van der Waals surface area contributed by atoms with E-state index in [9.17, 15) is 4.79 Å². The number of rotatable bonds is 2. The number of hydrogen-bond donors (Lipinski definition) is 0. The SMILES string of the molecule is Cc1nnc(N2CCN(C(=O)c3ccc4c(c3)OCO4)CC2)c2ccccc12. The minimum absolute atomic E-state index is 0.0119.